The molecular formula is C24H23N3O3S. The van der Waals surface area contributed by atoms with Gasteiger partial charge in [0.25, 0.3) is 0 Å². The van der Waals surface area contributed by atoms with E-state index in [0.29, 0.717) is 16.4 Å². The van der Waals surface area contributed by atoms with Crippen LogP contribution in [0.3, 0.4) is 0 Å². The Kier molecular flexibility index (Phi) is 5.61. The number of hydrogen-bond donors (Lipinski definition) is 0. The lowest BCUT2D eigenvalue weighted by Crippen LogP contribution is -2.23. The molecule has 0 aliphatic carbocycles. The van der Waals surface area contributed by atoms with Crippen LogP contribution in [0.5, 0.6) is 0 Å². The number of amides is 1. The topological polar surface area (TPSA) is 64.4 Å². The van der Waals surface area contributed by atoms with Gasteiger partial charge in [0.1, 0.15) is 6.61 Å². The van der Waals surface area contributed by atoms with E-state index in [9.17, 15) is 9.59 Å². The number of carbonyl (C=O) groups excluding carboxylic acids is 2. The molecule has 0 N–H and O–H groups in total. The third-order valence-electron chi connectivity index (χ3n) is 5.33. The number of para-hydroxylation sites is 1. The van der Waals surface area contributed by atoms with E-state index in [2.05, 4.69) is 4.98 Å². The van der Waals surface area contributed by atoms with Crippen molar-refractivity contribution in [3.8, 4) is 0 Å². The van der Waals surface area contributed by atoms with Crippen LogP contribution in [0, 0.1) is 13.8 Å². The minimum atomic E-state index is -0.399. The van der Waals surface area contributed by atoms with Crippen LogP contribution < -0.4 is 4.90 Å². The van der Waals surface area contributed by atoms with E-state index in [1.165, 1.54) is 18.3 Å². The summed E-state index contributed by atoms with van der Waals surface area (Å²) in [5.74, 6) is -0.522. The maximum Gasteiger partial charge on any atom is 0.340 e. The fraction of sp³-hybridized carbons (Fsp3) is 0.208. The Bertz CT molecular complexity index is 1290. The SMILES string of the molecule is CC(=O)N(c1nc(COC(=O)c2cn(C)c3ccccc23)cs1)c1cccc(C)c1C. The van der Waals surface area contributed by atoms with Gasteiger partial charge < -0.3 is 9.30 Å². The maximum absolute atomic E-state index is 12.7. The van der Waals surface area contributed by atoms with Gasteiger partial charge in [-0.05, 0) is 37.1 Å². The molecule has 0 atom stereocenters. The molecule has 0 bridgehead atoms. The average molecular weight is 434 g/mol. The van der Waals surface area contributed by atoms with Crippen LogP contribution >= 0.6 is 11.3 Å². The summed E-state index contributed by atoms with van der Waals surface area (Å²) in [5, 5.41) is 3.22. The number of ether oxygens (including phenoxy) is 1. The molecule has 0 saturated heterocycles. The molecule has 4 rings (SSSR count). The van der Waals surface area contributed by atoms with E-state index in [1.54, 1.807) is 11.1 Å². The van der Waals surface area contributed by atoms with Crippen LogP contribution in [-0.2, 0) is 23.2 Å². The first-order valence-electron chi connectivity index (χ1n) is 9.89. The molecule has 31 heavy (non-hydrogen) atoms. The van der Waals surface area contributed by atoms with Crippen molar-refractivity contribution in [2.75, 3.05) is 4.90 Å². The molecule has 0 unspecified atom stereocenters. The number of fused-ring (bicyclic) bond motifs is 1. The van der Waals surface area contributed by atoms with Gasteiger partial charge in [-0.3, -0.25) is 9.69 Å². The Morgan fingerprint density at radius 2 is 1.90 bits per heavy atom. The fourth-order valence-corrected chi connectivity index (χ4v) is 4.44. The highest BCUT2D eigenvalue weighted by molar-refractivity contribution is 7.14. The number of hydrogen-bond acceptors (Lipinski definition) is 5. The zero-order chi connectivity index (χ0) is 22.1. The van der Waals surface area contributed by atoms with Crippen LogP contribution in [0.2, 0.25) is 0 Å². The summed E-state index contributed by atoms with van der Waals surface area (Å²) in [6.07, 6.45) is 1.78. The first-order chi connectivity index (χ1) is 14.9. The Morgan fingerprint density at radius 1 is 1.13 bits per heavy atom. The van der Waals surface area contributed by atoms with Gasteiger partial charge >= 0.3 is 5.97 Å². The van der Waals surface area contributed by atoms with Crippen LogP contribution in [0.1, 0.15) is 34.1 Å². The normalized spacial score (nSPS) is 11.0. The molecule has 2 aromatic carbocycles. The monoisotopic (exact) mass is 433 g/mol. The van der Waals surface area contributed by atoms with Crippen molar-refractivity contribution < 1.29 is 14.3 Å². The molecule has 0 aliphatic rings. The molecular weight excluding hydrogens is 410 g/mol. The van der Waals surface area contributed by atoms with Crippen LogP contribution in [0.4, 0.5) is 10.8 Å². The van der Waals surface area contributed by atoms with Crippen LogP contribution in [0.15, 0.2) is 54.0 Å². The highest BCUT2D eigenvalue weighted by Gasteiger charge is 2.21. The van der Waals surface area contributed by atoms with E-state index >= 15 is 0 Å². The quantitative estimate of drug-likeness (QED) is 0.401. The molecule has 0 radical (unpaired) electrons. The number of rotatable bonds is 5. The first kappa shape index (κ1) is 20.8. The highest BCUT2D eigenvalue weighted by atomic mass is 32.1. The van der Waals surface area contributed by atoms with Crippen molar-refractivity contribution in [1.82, 2.24) is 9.55 Å². The zero-order valence-electron chi connectivity index (χ0n) is 17.9. The standard InChI is InChI=1S/C24H23N3O3S/c1-15-8-7-11-21(16(15)2)27(17(3)28)24-25-18(14-31-24)13-30-23(29)20-12-26(4)22-10-6-5-9-19(20)22/h5-12,14H,13H2,1-4H3. The Hall–Kier alpha value is -3.45. The van der Waals surface area contributed by atoms with E-state index in [-0.39, 0.29) is 12.5 Å². The maximum atomic E-state index is 12.7. The van der Waals surface area contributed by atoms with E-state index in [1.807, 2.05) is 73.3 Å². The summed E-state index contributed by atoms with van der Waals surface area (Å²) in [6.45, 7) is 5.55. The minimum Gasteiger partial charge on any atom is -0.455 e. The van der Waals surface area contributed by atoms with Crippen LogP contribution in [0.25, 0.3) is 10.9 Å². The predicted octanol–water partition coefficient (Wildman–Crippen LogP) is 5.29. The lowest BCUT2D eigenvalue weighted by molar-refractivity contribution is -0.115. The molecule has 0 spiro atoms. The second-order valence-corrected chi connectivity index (χ2v) is 8.28. The third kappa shape index (κ3) is 3.96. The largest absolute Gasteiger partial charge is 0.455 e. The van der Waals surface area contributed by atoms with Gasteiger partial charge in [-0.15, -0.1) is 11.3 Å². The number of carbonyl (C=O) groups is 2. The predicted molar refractivity (Wildman–Crippen MR) is 123 cm³/mol. The Balaban J connectivity index is 1.54. The molecule has 0 aliphatic heterocycles. The summed E-state index contributed by atoms with van der Waals surface area (Å²) in [6, 6.07) is 13.5. The van der Waals surface area contributed by atoms with Crippen LogP contribution in [-0.4, -0.2) is 21.4 Å². The van der Waals surface area contributed by atoms with Gasteiger partial charge in [-0.1, -0.05) is 30.3 Å². The Morgan fingerprint density at radius 3 is 2.68 bits per heavy atom. The van der Waals surface area contributed by atoms with Crippen molar-refractivity contribution >= 4 is 44.9 Å². The number of esters is 1. The number of thiazole rings is 1. The first-order valence-corrected chi connectivity index (χ1v) is 10.8. The summed E-state index contributed by atoms with van der Waals surface area (Å²) < 4.78 is 7.43. The van der Waals surface area contributed by atoms with Crippen molar-refractivity contribution in [2.24, 2.45) is 7.05 Å². The summed E-state index contributed by atoms with van der Waals surface area (Å²) >= 11 is 1.35. The van der Waals surface area contributed by atoms with Crippen molar-refractivity contribution in [3.05, 3.63) is 76.4 Å². The molecule has 2 heterocycles. The average Bonchev–Trinajstić information content (AvgIpc) is 3.34. The molecule has 7 heteroatoms. The lowest BCUT2D eigenvalue weighted by Gasteiger charge is -2.21. The minimum absolute atomic E-state index is 0.0388. The van der Waals surface area contributed by atoms with E-state index in [0.717, 1.165) is 27.7 Å². The number of aryl methyl sites for hydroxylation is 2. The van der Waals surface area contributed by atoms with E-state index in [4.69, 9.17) is 4.74 Å². The molecule has 6 nitrogen and oxygen atoms in total. The molecule has 158 valence electrons. The number of nitrogens with zero attached hydrogens (tertiary/aromatic N) is 3. The summed E-state index contributed by atoms with van der Waals surface area (Å²) in [7, 11) is 1.90. The van der Waals surface area contributed by atoms with Crippen molar-refractivity contribution in [1.29, 1.82) is 0 Å². The number of aromatic nitrogens is 2. The van der Waals surface area contributed by atoms with E-state index < -0.39 is 5.97 Å². The number of benzene rings is 2. The van der Waals surface area contributed by atoms with Gasteiger partial charge in [0.15, 0.2) is 5.13 Å². The summed E-state index contributed by atoms with van der Waals surface area (Å²) in [5.41, 5.74) is 5.03. The van der Waals surface area contributed by atoms with Gasteiger partial charge in [0.2, 0.25) is 5.91 Å². The molecule has 0 fully saturated rings. The van der Waals surface area contributed by atoms with Crippen molar-refractivity contribution in [2.45, 2.75) is 27.4 Å². The zero-order valence-corrected chi connectivity index (χ0v) is 18.7. The second-order valence-electron chi connectivity index (χ2n) is 7.44. The summed E-state index contributed by atoms with van der Waals surface area (Å²) in [4.78, 5) is 31.2. The Labute approximate surface area is 184 Å². The van der Waals surface area contributed by atoms with Gasteiger partial charge in [0, 0.05) is 36.5 Å². The third-order valence-corrected chi connectivity index (χ3v) is 6.21. The molecule has 2 aromatic heterocycles. The van der Waals surface area contributed by atoms with Gasteiger partial charge in [0.05, 0.1) is 16.9 Å². The lowest BCUT2D eigenvalue weighted by atomic mass is 10.1. The molecule has 0 saturated carbocycles. The smallest absolute Gasteiger partial charge is 0.340 e. The molecule has 4 aromatic rings. The second kappa shape index (κ2) is 8.35. The van der Waals surface area contributed by atoms with Gasteiger partial charge in [-0.25, -0.2) is 9.78 Å². The molecule has 1 amide bonds. The highest BCUT2D eigenvalue weighted by Crippen LogP contribution is 2.32. The van der Waals surface area contributed by atoms with Crippen molar-refractivity contribution in [3.63, 3.8) is 0 Å². The number of anilines is 2. The fourth-order valence-electron chi connectivity index (χ4n) is 3.57. The van der Waals surface area contributed by atoms with Gasteiger partial charge in [-0.2, -0.15) is 0 Å².